The topological polar surface area (TPSA) is 47.1 Å². The standard InChI is InChI=1S/C15H22N4S/c1-15(10-16)5-6-19(11-15)9-13-3-4-14(20-13)12-7-17-18(2)8-12/h3-4,7-8H,5-6,9-11,16H2,1-2H3. The molecule has 3 heterocycles. The summed E-state index contributed by atoms with van der Waals surface area (Å²) in [6.45, 7) is 6.40. The van der Waals surface area contributed by atoms with Gasteiger partial charge in [0.1, 0.15) is 0 Å². The molecular formula is C15H22N4S. The number of likely N-dealkylation sites (tertiary alicyclic amines) is 1. The van der Waals surface area contributed by atoms with Crippen LogP contribution in [0.15, 0.2) is 24.5 Å². The first kappa shape index (κ1) is 13.8. The molecule has 0 radical (unpaired) electrons. The molecule has 0 aliphatic carbocycles. The highest BCUT2D eigenvalue weighted by Gasteiger charge is 2.32. The van der Waals surface area contributed by atoms with E-state index in [1.54, 1.807) is 0 Å². The monoisotopic (exact) mass is 290 g/mol. The zero-order chi connectivity index (χ0) is 14.2. The van der Waals surface area contributed by atoms with Gasteiger partial charge in [-0.2, -0.15) is 5.10 Å². The third-order valence-electron chi connectivity index (χ3n) is 4.16. The van der Waals surface area contributed by atoms with Crippen LogP contribution in [0.3, 0.4) is 0 Å². The van der Waals surface area contributed by atoms with E-state index in [2.05, 4.69) is 35.3 Å². The summed E-state index contributed by atoms with van der Waals surface area (Å²) >= 11 is 1.87. The fourth-order valence-electron chi connectivity index (χ4n) is 2.81. The van der Waals surface area contributed by atoms with Crippen molar-refractivity contribution in [1.82, 2.24) is 14.7 Å². The minimum Gasteiger partial charge on any atom is -0.330 e. The quantitative estimate of drug-likeness (QED) is 0.940. The maximum absolute atomic E-state index is 5.87. The van der Waals surface area contributed by atoms with E-state index in [-0.39, 0.29) is 0 Å². The van der Waals surface area contributed by atoms with Crippen molar-refractivity contribution in [2.75, 3.05) is 19.6 Å². The number of aromatic nitrogens is 2. The Morgan fingerprint density at radius 3 is 2.95 bits per heavy atom. The van der Waals surface area contributed by atoms with Crippen LogP contribution in [0.25, 0.3) is 10.4 Å². The van der Waals surface area contributed by atoms with Gasteiger partial charge in [-0.25, -0.2) is 0 Å². The SMILES string of the molecule is Cn1cc(-c2ccc(CN3CCC(C)(CN)C3)s2)cn1. The molecule has 2 aromatic heterocycles. The van der Waals surface area contributed by atoms with Gasteiger partial charge in [0, 0.05) is 41.7 Å². The van der Waals surface area contributed by atoms with Crippen molar-refractivity contribution in [3.05, 3.63) is 29.4 Å². The van der Waals surface area contributed by atoms with Gasteiger partial charge in [0.2, 0.25) is 0 Å². The molecule has 1 aliphatic rings. The number of rotatable bonds is 4. The van der Waals surface area contributed by atoms with Crippen LogP contribution in [-0.4, -0.2) is 34.3 Å². The Kier molecular flexibility index (Phi) is 3.67. The van der Waals surface area contributed by atoms with Gasteiger partial charge in [0.25, 0.3) is 0 Å². The molecule has 0 saturated carbocycles. The Balaban J connectivity index is 1.66. The summed E-state index contributed by atoms with van der Waals surface area (Å²) in [7, 11) is 1.95. The van der Waals surface area contributed by atoms with Crippen LogP contribution in [0.5, 0.6) is 0 Å². The Labute approximate surface area is 124 Å². The number of thiophene rings is 1. The van der Waals surface area contributed by atoms with E-state index in [0.717, 1.165) is 26.2 Å². The Hall–Kier alpha value is -1.17. The third kappa shape index (κ3) is 2.80. The van der Waals surface area contributed by atoms with Crippen molar-refractivity contribution in [2.45, 2.75) is 19.9 Å². The first-order valence-electron chi connectivity index (χ1n) is 7.08. The lowest BCUT2D eigenvalue weighted by atomic mass is 9.90. The molecule has 3 rings (SSSR count). The van der Waals surface area contributed by atoms with Gasteiger partial charge in [-0.05, 0) is 37.1 Å². The van der Waals surface area contributed by atoms with E-state index in [9.17, 15) is 0 Å². The van der Waals surface area contributed by atoms with Gasteiger partial charge < -0.3 is 5.73 Å². The number of aryl methyl sites for hydroxylation is 1. The maximum atomic E-state index is 5.87. The fraction of sp³-hybridized carbons (Fsp3) is 0.533. The van der Waals surface area contributed by atoms with Gasteiger partial charge in [-0.15, -0.1) is 11.3 Å². The molecule has 1 saturated heterocycles. The number of hydrogen-bond acceptors (Lipinski definition) is 4. The van der Waals surface area contributed by atoms with Crippen LogP contribution in [0.4, 0.5) is 0 Å². The Bertz CT molecular complexity index is 588. The highest BCUT2D eigenvalue weighted by Crippen LogP contribution is 2.32. The van der Waals surface area contributed by atoms with Crippen LogP contribution in [0, 0.1) is 5.41 Å². The normalized spacial score (nSPS) is 23.6. The lowest BCUT2D eigenvalue weighted by Crippen LogP contribution is -2.30. The van der Waals surface area contributed by atoms with Crippen molar-refractivity contribution >= 4 is 11.3 Å². The molecule has 1 unspecified atom stereocenters. The molecule has 0 amide bonds. The second-order valence-electron chi connectivity index (χ2n) is 6.14. The largest absolute Gasteiger partial charge is 0.330 e. The molecule has 2 N–H and O–H groups in total. The van der Waals surface area contributed by atoms with E-state index in [1.165, 1.54) is 21.7 Å². The van der Waals surface area contributed by atoms with Crippen molar-refractivity contribution in [3.63, 3.8) is 0 Å². The van der Waals surface area contributed by atoms with Crippen LogP contribution in [-0.2, 0) is 13.6 Å². The molecule has 0 bridgehead atoms. The Morgan fingerprint density at radius 2 is 2.30 bits per heavy atom. The second-order valence-corrected chi connectivity index (χ2v) is 7.31. The van der Waals surface area contributed by atoms with E-state index in [0.29, 0.717) is 5.41 Å². The molecule has 0 aromatic carbocycles. The van der Waals surface area contributed by atoms with Gasteiger partial charge in [0.05, 0.1) is 6.20 Å². The zero-order valence-corrected chi connectivity index (χ0v) is 13.0. The average Bonchev–Trinajstić information content (AvgIpc) is 3.12. The van der Waals surface area contributed by atoms with Crippen molar-refractivity contribution in [3.8, 4) is 10.4 Å². The molecule has 5 heteroatoms. The first-order valence-corrected chi connectivity index (χ1v) is 7.90. The van der Waals surface area contributed by atoms with Crippen LogP contribution in [0.1, 0.15) is 18.2 Å². The average molecular weight is 290 g/mol. The van der Waals surface area contributed by atoms with E-state index >= 15 is 0 Å². The van der Waals surface area contributed by atoms with Crippen LogP contribution in [0.2, 0.25) is 0 Å². The van der Waals surface area contributed by atoms with E-state index < -0.39 is 0 Å². The predicted octanol–water partition coefficient (Wildman–Crippen LogP) is 2.32. The molecule has 2 aromatic rings. The molecule has 108 valence electrons. The summed E-state index contributed by atoms with van der Waals surface area (Å²) < 4.78 is 1.85. The van der Waals surface area contributed by atoms with Gasteiger partial charge in [0.15, 0.2) is 0 Å². The summed E-state index contributed by atoms with van der Waals surface area (Å²) in [5.74, 6) is 0. The highest BCUT2D eigenvalue weighted by atomic mass is 32.1. The van der Waals surface area contributed by atoms with Gasteiger partial charge >= 0.3 is 0 Å². The molecule has 1 aliphatic heterocycles. The number of nitrogens with zero attached hydrogens (tertiary/aromatic N) is 3. The van der Waals surface area contributed by atoms with Crippen LogP contribution < -0.4 is 5.73 Å². The molecule has 0 spiro atoms. The molecule has 4 nitrogen and oxygen atoms in total. The van der Waals surface area contributed by atoms with Crippen molar-refractivity contribution < 1.29 is 0 Å². The predicted molar refractivity (Wildman–Crippen MR) is 83.6 cm³/mol. The van der Waals surface area contributed by atoms with Crippen LogP contribution >= 0.6 is 11.3 Å². The summed E-state index contributed by atoms with van der Waals surface area (Å²) in [5, 5.41) is 4.23. The van der Waals surface area contributed by atoms with Crippen molar-refractivity contribution in [1.29, 1.82) is 0 Å². The molecule has 1 atom stereocenters. The first-order chi connectivity index (χ1) is 9.58. The van der Waals surface area contributed by atoms with Gasteiger partial charge in [-0.1, -0.05) is 6.92 Å². The summed E-state index contributed by atoms with van der Waals surface area (Å²) in [5.41, 5.74) is 7.39. The van der Waals surface area contributed by atoms with E-state index in [4.69, 9.17) is 5.73 Å². The second kappa shape index (κ2) is 5.31. The Morgan fingerprint density at radius 1 is 1.45 bits per heavy atom. The maximum Gasteiger partial charge on any atom is 0.0576 e. The van der Waals surface area contributed by atoms with Gasteiger partial charge in [-0.3, -0.25) is 9.58 Å². The molecule has 1 fully saturated rings. The molecular weight excluding hydrogens is 268 g/mol. The van der Waals surface area contributed by atoms with E-state index in [1.807, 2.05) is 29.3 Å². The molecule has 20 heavy (non-hydrogen) atoms. The highest BCUT2D eigenvalue weighted by molar-refractivity contribution is 7.15. The lowest BCUT2D eigenvalue weighted by molar-refractivity contribution is 0.276. The minimum absolute atomic E-state index is 0.309. The summed E-state index contributed by atoms with van der Waals surface area (Å²) in [4.78, 5) is 5.24. The third-order valence-corrected chi connectivity index (χ3v) is 5.28. The number of hydrogen-bond donors (Lipinski definition) is 1. The summed E-state index contributed by atoms with van der Waals surface area (Å²) in [6, 6.07) is 4.44. The minimum atomic E-state index is 0.309. The zero-order valence-electron chi connectivity index (χ0n) is 12.2. The van der Waals surface area contributed by atoms with Crippen molar-refractivity contribution in [2.24, 2.45) is 18.2 Å². The fourth-order valence-corrected chi connectivity index (χ4v) is 3.84. The summed E-state index contributed by atoms with van der Waals surface area (Å²) in [6.07, 6.45) is 5.21. The lowest BCUT2D eigenvalue weighted by Gasteiger charge is -2.22. The smallest absolute Gasteiger partial charge is 0.0576 e. The number of nitrogens with two attached hydrogens (primary N) is 1.